The Morgan fingerprint density at radius 3 is 2.82 bits per heavy atom. The number of nitrogens with one attached hydrogen (secondary N) is 1. The van der Waals surface area contributed by atoms with E-state index in [1.165, 1.54) is 13.3 Å². The molecule has 0 saturated heterocycles. The molecule has 7 heteroatoms. The number of ether oxygens (including phenoxy) is 1. The van der Waals surface area contributed by atoms with Crippen LogP contribution in [0.25, 0.3) is 0 Å². The topological polar surface area (TPSA) is 70.9 Å². The van der Waals surface area contributed by atoms with Crippen LogP contribution in [0.1, 0.15) is 15.9 Å². The molecule has 1 amide bonds. The van der Waals surface area contributed by atoms with Gasteiger partial charge >= 0.3 is 0 Å². The Balaban J connectivity index is 2.15. The molecule has 0 unspecified atom stereocenters. The molecule has 0 aliphatic carbocycles. The summed E-state index contributed by atoms with van der Waals surface area (Å²) in [5, 5.41) is 14.1. The molecular formula is C15H12BrClN2O3. The van der Waals surface area contributed by atoms with Crippen molar-refractivity contribution in [3.05, 3.63) is 57.0 Å². The molecule has 0 bridgehead atoms. The van der Waals surface area contributed by atoms with Crippen molar-refractivity contribution in [2.45, 2.75) is 0 Å². The van der Waals surface area contributed by atoms with Crippen molar-refractivity contribution in [3.8, 4) is 11.5 Å². The van der Waals surface area contributed by atoms with Gasteiger partial charge in [-0.05, 0) is 24.3 Å². The van der Waals surface area contributed by atoms with Crippen LogP contribution >= 0.6 is 27.5 Å². The van der Waals surface area contributed by atoms with Crippen LogP contribution in [0.3, 0.4) is 0 Å². The number of amides is 1. The van der Waals surface area contributed by atoms with E-state index in [-0.39, 0.29) is 5.75 Å². The number of rotatable bonds is 4. The van der Waals surface area contributed by atoms with Crippen LogP contribution in [0.5, 0.6) is 11.5 Å². The highest BCUT2D eigenvalue weighted by atomic mass is 79.9. The zero-order valence-electron chi connectivity index (χ0n) is 11.5. The average molecular weight is 384 g/mol. The standard InChI is InChI=1S/C15H12BrClN2O3/c1-22-13-7-10(16)6-9(14(13)20)8-18-19-15(21)11-4-2-3-5-12(11)17/h2-8,20H,1H3,(H,19,21)/b18-8-. The normalized spacial score (nSPS) is 10.7. The number of nitrogens with zero attached hydrogens (tertiary/aromatic N) is 1. The maximum atomic E-state index is 11.9. The number of hydrazone groups is 1. The molecule has 0 fully saturated rings. The van der Waals surface area contributed by atoms with E-state index < -0.39 is 5.91 Å². The number of methoxy groups -OCH3 is 1. The van der Waals surface area contributed by atoms with E-state index >= 15 is 0 Å². The van der Waals surface area contributed by atoms with Gasteiger partial charge in [-0.1, -0.05) is 39.7 Å². The van der Waals surface area contributed by atoms with Gasteiger partial charge in [0.1, 0.15) is 0 Å². The maximum Gasteiger partial charge on any atom is 0.272 e. The number of benzene rings is 2. The van der Waals surface area contributed by atoms with Crippen LogP contribution < -0.4 is 10.2 Å². The van der Waals surface area contributed by atoms with Crippen LogP contribution in [0.15, 0.2) is 46.0 Å². The first-order chi connectivity index (χ1) is 10.5. The van der Waals surface area contributed by atoms with Gasteiger partial charge in [-0.3, -0.25) is 4.79 Å². The van der Waals surface area contributed by atoms with Crippen molar-refractivity contribution in [1.82, 2.24) is 5.43 Å². The third-order valence-corrected chi connectivity index (χ3v) is 3.56. The largest absolute Gasteiger partial charge is 0.504 e. The summed E-state index contributed by atoms with van der Waals surface area (Å²) in [5.41, 5.74) is 3.06. The summed E-state index contributed by atoms with van der Waals surface area (Å²) in [5.74, 6) is -0.210. The van der Waals surface area contributed by atoms with Crippen LogP contribution in [-0.4, -0.2) is 24.3 Å². The van der Waals surface area contributed by atoms with Gasteiger partial charge in [-0.2, -0.15) is 5.10 Å². The zero-order chi connectivity index (χ0) is 16.1. The lowest BCUT2D eigenvalue weighted by Crippen LogP contribution is -2.17. The first-order valence-corrected chi connectivity index (χ1v) is 7.34. The van der Waals surface area contributed by atoms with Crippen molar-refractivity contribution < 1.29 is 14.6 Å². The molecule has 0 aliphatic heterocycles. The molecule has 22 heavy (non-hydrogen) atoms. The molecule has 2 aromatic carbocycles. The molecule has 2 N–H and O–H groups in total. The Hall–Kier alpha value is -2.05. The minimum atomic E-state index is -0.441. The van der Waals surface area contributed by atoms with E-state index in [0.717, 1.165) is 0 Å². The molecule has 5 nitrogen and oxygen atoms in total. The molecule has 114 valence electrons. The number of aromatic hydroxyl groups is 1. The Labute approximate surface area is 140 Å². The molecular weight excluding hydrogens is 372 g/mol. The summed E-state index contributed by atoms with van der Waals surface area (Å²) >= 11 is 9.22. The predicted octanol–water partition coefficient (Wildman–Crippen LogP) is 3.58. The van der Waals surface area contributed by atoms with Crippen LogP contribution in [-0.2, 0) is 0 Å². The van der Waals surface area contributed by atoms with E-state index in [4.69, 9.17) is 16.3 Å². The number of carbonyl (C=O) groups is 1. The van der Waals surface area contributed by atoms with Crippen molar-refractivity contribution in [1.29, 1.82) is 0 Å². The lowest BCUT2D eigenvalue weighted by Gasteiger charge is -2.07. The van der Waals surface area contributed by atoms with Crippen LogP contribution in [0.4, 0.5) is 0 Å². The fraction of sp³-hybridized carbons (Fsp3) is 0.0667. The maximum absolute atomic E-state index is 11.9. The zero-order valence-corrected chi connectivity index (χ0v) is 13.9. The highest BCUT2D eigenvalue weighted by molar-refractivity contribution is 9.10. The molecule has 0 saturated carbocycles. The van der Waals surface area contributed by atoms with E-state index in [1.807, 2.05) is 0 Å². The van der Waals surface area contributed by atoms with Gasteiger partial charge in [0.15, 0.2) is 11.5 Å². The van der Waals surface area contributed by atoms with Crippen molar-refractivity contribution in [2.24, 2.45) is 5.10 Å². The van der Waals surface area contributed by atoms with E-state index in [9.17, 15) is 9.90 Å². The highest BCUT2D eigenvalue weighted by Crippen LogP contribution is 2.32. The van der Waals surface area contributed by atoms with Gasteiger partial charge in [-0.15, -0.1) is 0 Å². The molecule has 0 radical (unpaired) electrons. The summed E-state index contributed by atoms with van der Waals surface area (Å²) in [6.07, 6.45) is 1.32. The second kappa shape index (κ2) is 7.29. The Kier molecular flexibility index (Phi) is 5.41. The molecule has 0 aromatic heterocycles. The number of hydrogen-bond donors (Lipinski definition) is 2. The first-order valence-electron chi connectivity index (χ1n) is 6.17. The lowest BCUT2D eigenvalue weighted by molar-refractivity contribution is 0.0955. The van der Waals surface area contributed by atoms with Gasteiger partial charge in [0.05, 0.1) is 23.9 Å². The first kappa shape index (κ1) is 16.3. The summed E-state index contributed by atoms with van der Waals surface area (Å²) < 4.78 is 5.74. The minimum Gasteiger partial charge on any atom is -0.504 e. The van der Waals surface area contributed by atoms with Gasteiger partial charge in [0.2, 0.25) is 0 Å². The minimum absolute atomic E-state index is 0.0681. The Morgan fingerprint density at radius 1 is 1.41 bits per heavy atom. The number of halogens is 2. The van der Waals surface area contributed by atoms with Gasteiger partial charge in [-0.25, -0.2) is 5.43 Å². The quantitative estimate of drug-likeness (QED) is 0.626. The van der Waals surface area contributed by atoms with Crippen LogP contribution in [0.2, 0.25) is 5.02 Å². The predicted molar refractivity (Wildman–Crippen MR) is 88.9 cm³/mol. The van der Waals surface area contributed by atoms with Crippen molar-refractivity contribution in [2.75, 3.05) is 7.11 Å². The fourth-order valence-corrected chi connectivity index (χ4v) is 2.39. The Morgan fingerprint density at radius 2 is 2.14 bits per heavy atom. The second-order valence-corrected chi connectivity index (χ2v) is 5.55. The number of phenols is 1. The average Bonchev–Trinajstić information content (AvgIpc) is 2.50. The summed E-state index contributed by atoms with van der Waals surface area (Å²) in [6, 6.07) is 9.90. The van der Waals surface area contributed by atoms with Crippen LogP contribution in [0, 0.1) is 0 Å². The van der Waals surface area contributed by atoms with Gasteiger partial charge in [0, 0.05) is 10.0 Å². The van der Waals surface area contributed by atoms with Crippen molar-refractivity contribution >= 4 is 39.7 Å². The molecule has 2 aromatic rings. The number of carbonyl (C=O) groups excluding carboxylic acids is 1. The lowest BCUT2D eigenvalue weighted by atomic mass is 10.2. The fourth-order valence-electron chi connectivity index (χ4n) is 1.71. The third-order valence-electron chi connectivity index (χ3n) is 2.78. The summed E-state index contributed by atoms with van der Waals surface area (Å²) in [6.45, 7) is 0. The molecule has 0 spiro atoms. The van der Waals surface area contributed by atoms with Crippen molar-refractivity contribution in [3.63, 3.8) is 0 Å². The van der Waals surface area contributed by atoms with E-state index in [1.54, 1.807) is 36.4 Å². The molecule has 0 aliphatic rings. The number of phenolic OH excluding ortho intramolecular Hbond substituents is 1. The van der Waals surface area contributed by atoms with Gasteiger partial charge < -0.3 is 9.84 Å². The summed E-state index contributed by atoms with van der Waals surface area (Å²) in [4.78, 5) is 11.9. The molecule has 0 atom stereocenters. The third kappa shape index (κ3) is 3.78. The Bertz CT molecular complexity index is 735. The monoisotopic (exact) mass is 382 g/mol. The van der Waals surface area contributed by atoms with Gasteiger partial charge in [0.25, 0.3) is 5.91 Å². The second-order valence-electron chi connectivity index (χ2n) is 4.22. The smallest absolute Gasteiger partial charge is 0.272 e. The molecule has 0 heterocycles. The van der Waals surface area contributed by atoms with E-state index in [2.05, 4.69) is 26.5 Å². The SMILES string of the molecule is COc1cc(Br)cc(/C=N\NC(=O)c2ccccc2Cl)c1O. The molecule has 2 rings (SSSR count). The summed E-state index contributed by atoms with van der Waals surface area (Å²) in [7, 11) is 1.45. The highest BCUT2D eigenvalue weighted by Gasteiger charge is 2.10. The van der Waals surface area contributed by atoms with E-state index in [0.29, 0.717) is 26.4 Å². The number of hydrogen-bond acceptors (Lipinski definition) is 4.